The molecule has 1 aromatic carbocycles. The summed E-state index contributed by atoms with van der Waals surface area (Å²) >= 11 is 0. The van der Waals surface area contributed by atoms with Gasteiger partial charge in [-0.25, -0.2) is 0 Å². The van der Waals surface area contributed by atoms with E-state index in [9.17, 15) is 14.7 Å². The number of hydrogen-bond acceptors (Lipinski definition) is 3. The number of carbonyl (C=O) groups excluding carboxylic acids is 2. The molecule has 5 heteroatoms. The first-order valence-corrected chi connectivity index (χ1v) is 7.98. The lowest BCUT2D eigenvalue weighted by Crippen LogP contribution is -2.35. The van der Waals surface area contributed by atoms with Gasteiger partial charge in [-0.05, 0) is 43.9 Å². The first kappa shape index (κ1) is 19.2. The van der Waals surface area contributed by atoms with Crippen molar-refractivity contribution in [1.82, 2.24) is 10.2 Å². The summed E-state index contributed by atoms with van der Waals surface area (Å²) in [6, 6.07) is 6.74. The van der Waals surface area contributed by atoms with E-state index in [0.717, 1.165) is 0 Å². The summed E-state index contributed by atoms with van der Waals surface area (Å²) in [6.07, 6.45) is 0.194. The van der Waals surface area contributed by atoms with E-state index in [2.05, 4.69) is 5.32 Å². The number of carbonyl (C=O) groups is 2. The largest absolute Gasteiger partial charge is 0.393 e. The van der Waals surface area contributed by atoms with Gasteiger partial charge in [0, 0.05) is 31.3 Å². The molecule has 0 saturated carbocycles. The van der Waals surface area contributed by atoms with Gasteiger partial charge in [0.2, 0.25) is 0 Å². The van der Waals surface area contributed by atoms with Crippen LogP contribution in [0.5, 0.6) is 0 Å². The Labute approximate surface area is 138 Å². The van der Waals surface area contributed by atoms with Crippen LogP contribution in [0, 0.1) is 5.41 Å². The van der Waals surface area contributed by atoms with Gasteiger partial charge in [-0.2, -0.15) is 0 Å². The molecule has 0 spiro atoms. The lowest BCUT2D eigenvalue weighted by molar-refractivity contribution is 0.0802. The Bertz CT molecular complexity index is 553. The molecule has 0 saturated heterocycles. The molecule has 0 aromatic heterocycles. The Morgan fingerprint density at radius 3 is 2.48 bits per heavy atom. The molecule has 0 fully saturated rings. The Kier molecular flexibility index (Phi) is 6.76. The molecule has 2 amide bonds. The van der Waals surface area contributed by atoms with E-state index in [-0.39, 0.29) is 17.2 Å². The van der Waals surface area contributed by atoms with Crippen molar-refractivity contribution in [2.24, 2.45) is 5.41 Å². The van der Waals surface area contributed by atoms with Crippen molar-refractivity contribution in [2.75, 3.05) is 20.1 Å². The number of aliphatic hydroxyl groups is 1. The third-order valence-electron chi connectivity index (χ3n) is 3.77. The van der Waals surface area contributed by atoms with Gasteiger partial charge in [-0.1, -0.05) is 19.9 Å². The fourth-order valence-electron chi connectivity index (χ4n) is 2.45. The highest BCUT2D eigenvalue weighted by Gasteiger charge is 2.21. The Morgan fingerprint density at radius 1 is 1.30 bits per heavy atom. The molecule has 1 aromatic rings. The third-order valence-corrected chi connectivity index (χ3v) is 3.77. The number of nitrogens with zero attached hydrogens (tertiary/aromatic N) is 1. The van der Waals surface area contributed by atoms with Crippen molar-refractivity contribution in [3.05, 3.63) is 35.4 Å². The van der Waals surface area contributed by atoms with E-state index in [1.807, 2.05) is 20.8 Å². The molecule has 0 radical (unpaired) electrons. The summed E-state index contributed by atoms with van der Waals surface area (Å²) in [5.41, 5.74) is 0.776. The Morgan fingerprint density at radius 2 is 1.91 bits per heavy atom. The predicted molar refractivity (Wildman–Crippen MR) is 91.5 cm³/mol. The van der Waals surface area contributed by atoms with Crippen molar-refractivity contribution in [2.45, 2.75) is 40.2 Å². The van der Waals surface area contributed by atoms with Gasteiger partial charge in [0.1, 0.15) is 0 Å². The third kappa shape index (κ3) is 6.02. The van der Waals surface area contributed by atoms with Crippen molar-refractivity contribution in [3.8, 4) is 0 Å². The van der Waals surface area contributed by atoms with Crippen LogP contribution in [0.2, 0.25) is 0 Å². The Balaban J connectivity index is 2.76. The van der Waals surface area contributed by atoms with E-state index in [1.54, 1.807) is 43.1 Å². The highest BCUT2D eigenvalue weighted by Crippen LogP contribution is 2.21. The SMILES string of the molecule is CCN(C)C(=O)c1cccc(C(=O)NCC(C)(C)CC(C)O)c1. The maximum atomic E-state index is 12.3. The number of hydrogen-bond donors (Lipinski definition) is 2. The number of aliphatic hydroxyl groups excluding tert-OH is 1. The van der Waals surface area contributed by atoms with Gasteiger partial charge in [0.25, 0.3) is 11.8 Å². The van der Waals surface area contributed by atoms with Crippen molar-refractivity contribution in [3.63, 3.8) is 0 Å². The van der Waals surface area contributed by atoms with Crippen LogP contribution in [0.25, 0.3) is 0 Å². The molecule has 0 aliphatic heterocycles. The van der Waals surface area contributed by atoms with Crippen LogP contribution >= 0.6 is 0 Å². The fourth-order valence-corrected chi connectivity index (χ4v) is 2.45. The molecule has 0 bridgehead atoms. The summed E-state index contributed by atoms with van der Waals surface area (Å²) in [6.45, 7) is 8.71. The van der Waals surface area contributed by atoms with E-state index in [4.69, 9.17) is 0 Å². The summed E-state index contributed by atoms with van der Waals surface area (Å²) in [5.74, 6) is -0.311. The number of benzene rings is 1. The first-order valence-electron chi connectivity index (χ1n) is 7.98. The van der Waals surface area contributed by atoms with Crippen molar-refractivity contribution in [1.29, 1.82) is 0 Å². The summed E-state index contributed by atoms with van der Waals surface area (Å²) < 4.78 is 0. The molecule has 1 atom stereocenters. The second-order valence-electron chi connectivity index (χ2n) is 6.80. The average Bonchev–Trinajstić information content (AvgIpc) is 2.50. The topological polar surface area (TPSA) is 69.6 Å². The second kappa shape index (κ2) is 8.11. The van der Waals surface area contributed by atoms with Crippen LogP contribution in [0.3, 0.4) is 0 Å². The van der Waals surface area contributed by atoms with E-state index in [1.165, 1.54) is 0 Å². The van der Waals surface area contributed by atoms with Crippen LogP contribution in [0.1, 0.15) is 54.8 Å². The minimum Gasteiger partial charge on any atom is -0.393 e. The number of rotatable bonds is 7. The molecule has 0 heterocycles. The smallest absolute Gasteiger partial charge is 0.253 e. The van der Waals surface area contributed by atoms with Crippen LogP contribution in [-0.4, -0.2) is 48.1 Å². The lowest BCUT2D eigenvalue weighted by Gasteiger charge is -2.26. The highest BCUT2D eigenvalue weighted by molar-refractivity contribution is 5.99. The normalized spacial score (nSPS) is 12.6. The predicted octanol–water partition coefficient (Wildman–Crippen LogP) is 2.31. The maximum Gasteiger partial charge on any atom is 0.253 e. The zero-order chi connectivity index (χ0) is 17.6. The van der Waals surface area contributed by atoms with Crippen LogP contribution < -0.4 is 5.32 Å². The van der Waals surface area contributed by atoms with Crippen LogP contribution in [-0.2, 0) is 0 Å². The molecule has 0 aliphatic rings. The number of nitrogens with one attached hydrogen (secondary N) is 1. The van der Waals surface area contributed by atoms with Crippen molar-refractivity contribution >= 4 is 11.8 Å². The number of amides is 2. The summed E-state index contributed by atoms with van der Waals surface area (Å²) in [4.78, 5) is 26.0. The summed E-state index contributed by atoms with van der Waals surface area (Å²) in [7, 11) is 1.73. The zero-order valence-electron chi connectivity index (χ0n) is 14.7. The zero-order valence-corrected chi connectivity index (χ0v) is 14.7. The first-order chi connectivity index (χ1) is 10.7. The minimum atomic E-state index is -0.410. The van der Waals surface area contributed by atoms with Gasteiger partial charge < -0.3 is 15.3 Å². The van der Waals surface area contributed by atoms with Gasteiger partial charge in [-0.15, -0.1) is 0 Å². The van der Waals surface area contributed by atoms with Gasteiger partial charge in [-0.3, -0.25) is 9.59 Å². The van der Waals surface area contributed by atoms with Crippen LogP contribution in [0.4, 0.5) is 0 Å². The second-order valence-corrected chi connectivity index (χ2v) is 6.80. The lowest BCUT2D eigenvalue weighted by atomic mass is 9.87. The molecule has 2 N–H and O–H groups in total. The van der Waals surface area contributed by atoms with E-state index in [0.29, 0.717) is 30.6 Å². The molecule has 128 valence electrons. The van der Waals surface area contributed by atoms with E-state index < -0.39 is 6.10 Å². The van der Waals surface area contributed by atoms with Crippen LogP contribution in [0.15, 0.2) is 24.3 Å². The van der Waals surface area contributed by atoms with E-state index >= 15 is 0 Å². The molecular formula is C18H28N2O3. The molecule has 1 unspecified atom stereocenters. The monoisotopic (exact) mass is 320 g/mol. The minimum absolute atomic E-state index is 0.100. The average molecular weight is 320 g/mol. The summed E-state index contributed by atoms with van der Waals surface area (Å²) in [5, 5.41) is 12.4. The van der Waals surface area contributed by atoms with Gasteiger partial charge in [0.05, 0.1) is 6.10 Å². The molecule has 1 rings (SSSR count). The molecular weight excluding hydrogens is 292 g/mol. The quantitative estimate of drug-likeness (QED) is 0.810. The standard InChI is InChI=1S/C18H28N2O3/c1-6-20(5)17(23)15-9-7-8-14(10-15)16(22)19-12-18(3,4)11-13(2)21/h7-10,13,21H,6,11-12H2,1-5H3,(H,19,22). The molecule has 0 aliphatic carbocycles. The maximum absolute atomic E-state index is 12.3. The Hall–Kier alpha value is -1.88. The highest BCUT2D eigenvalue weighted by atomic mass is 16.3. The van der Waals surface area contributed by atoms with Crippen molar-refractivity contribution < 1.29 is 14.7 Å². The molecule has 5 nitrogen and oxygen atoms in total. The fraction of sp³-hybridized carbons (Fsp3) is 0.556. The van der Waals surface area contributed by atoms with Gasteiger partial charge in [0.15, 0.2) is 0 Å². The molecule has 23 heavy (non-hydrogen) atoms. The van der Waals surface area contributed by atoms with Gasteiger partial charge >= 0.3 is 0 Å².